The lowest BCUT2D eigenvalue weighted by atomic mass is 10.1. The van der Waals surface area contributed by atoms with Crippen LogP contribution in [0.3, 0.4) is 0 Å². The molecule has 1 aromatic carbocycles. The van der Waals surface area contributed by atoms with Gasteiger partial charge in [0.2, 0.25) is 0 Å². The second-order valence-corrected chi connectivity index (χ2v) is 9.34. The SMILES string of the molecule is O=C(NCC(c1cncc(F)c1)N1CCOCC1)c1cn(C[C@@H]2CCCN2)c2cccc(Cl)c12. The lowest BCUT2D eigenvalue weighted by Crippen LogP contribution is -2.43. The van der Waals surface area contributed by atoms with E-state index in [9.17, 15) is 9.18 Å². The van der Waals surface area contributed by atoms with E-state index >= 15 is 0 Å². The fourth-order valence-electron chi connectivity index (χ4n) is 5.02. The van der Waals surface area contributed by atoms with Crippen LogP contribution >= 0.6 is 11.6 Å². The Morgan fingerprint density at radius 2 is 2.18 bits per heavy atom. The van der Waals surface area contributed by atoms with E-state index in [4.69, 9.17) is 16.3 Å². The van der Waals surface area contributed by atoms with Crippen LogP contribution in [0.1, 0.15) is 34.8 Å². The third kappa shape index (κ3) is 4.95. The number of nitrogens with zero attached hydrogens (tertiary/aromatic N) is 3. The van der Waals surface area contributed by atoms with E-state index < -0.39 is 5.82 Å². The van der Waals surface area contributed by atoms with Crippen molar-refractivity contribution < 1.29 is 13.9 Å². The summed E-state index contributed by atoms with van der Waals surface area (Å²) in [6.45, 7) is 4.75. The topological polar surface area (TPSA) is 71.4 Å². The van der Waals surface area contributed by atoms with Crippen molar-refractivity contribution in [1.29, 1.82) is 0 Å². The van der Waals surface area contributed by atoms with Crippen LogP contribution in [0.5, 0.6) is 0 Å². The Labute approximate surface area is 203 Å². The second kappa shape index (κ2) is 10.4. The van der Waals surface area contributed by atoms with Crippen molar-refractivity contribution in [3.05, 3.63) is 64.8 Å². The normalized spacial score (nSPS) is 20.0. The fraction of sp³-hybridized carbons (Fsp3) is 0.440. The molecule has 9 heteroatoms. The molecule has 2 aromatic heterocycles. The Balaban J connectivity index is 1.39. The largest absolute Gasteiger partial charge is 0.379 e. The summed E-state index contributed by atoms with van der Waals surface area (Å²) in [6.07, 6.45) is 7.03. The van der Waals surface area contributed by atoms with E-state index in [1.165, 1.54) is 12.3 Å². The summed E-state index contributed by atoms with van der Waals surface area (Å²) in [5, 5.41) is 7.91. The molecule has 2 aliphatic rings. The van der Waals surface area contributed by atoms with Crippen LogP contribution in [-0.2, 0) is 11.3 Å². The van der Waals surface area contributed by atoms with E-state index in [0.29, 0.717) is 49.5 Å². The average Bonchev–Trinajstić information content (AvgIpc) is 3.49. The molecule has 1 amide bonds. The van der Waals surface area contributed by atoms with Crippen LogP contribution in [0.25, 0.3) is 10.9 Å². The van der Waals surface area contributed by atoms with Gasteiger partial charge in [0.1, 0.15) is 5.82 Å². The summed E-state index contributed by atoms with van der Waals surface area (Å²) < 4.78 is 21.5. The summed E-state index contributed by atoms with van der Waals surface area (Å²) in [7, 11) is 0. The molecule has 1 unspecified atom stereocenters. The monoisotopic (exact) mass is 485 g/mol. The van der Waals surface area contributed by atoms with Gasteiger partial charge in [0, 0.05) is 50.0 Å². The van der Waals surface area contributed by atoms with Crippen LogP contribution in [0.2, 0.25) is 5.02 Å². The molecule has 0 aliphatic carbocycles. The first-order chi connectivity index (χ1) is 16.6. The van der Waals surface area contributed by atoms with Crippen molar-refractivity contribution in [3.8, 4) is 0 Å². The summed E-state index contributed by atoms with van der Waals surface area (Å²) in [4.78, 5) is 19.6. The second-order valence-electron chi connectivity index (χ2n) is 8.93. The molecule has 0 radical (unpaired) electrons. The average molecular weight is 486 g/mol. The number of carbonyl (C=O) groups is 1. The van der Waals surface area contributed by atoms with Gasteiger partial charge >= 0.3 is 0 Å². The number of carbonyl (C=O) groups excluding carboxylic acids is 1. The van der Waals surface area contributed by atoms with Crippen molar-refractivity contribution in [2.24, 2.45) is 0 Å². The number of nitrogens with one attached hydrogen (secondary N) is 2. The van der Waals surface area contributed by atoms with Crippen LogP contribution in [-0.4, -0.2) is 65.8 Å². The molecule has 0 bridgehead atoms. The number of aromatic nitrogens is 2. The molecule has 5 rings (SSSR count). The Morgan fingerprint density at radius 1 is 1.32 bits per heavy atom. The van der Waals surface area contributed by atoms with Gasteiger partial charge in [-0.25, -0.2) is 4.39 Å². The predicted octanol–water partition coefficient (Wildman–Crippen LogP) is 3.38. The lowest BCUT2D eigenvalue weighted by molar-refractivity contribution is 0.0161. The minimum absolute atomic E-state index is 0.196. The van der Waals surface area contributed by atoms with Crippen LogP contribution in [0.15, 0.2) is 42.9 Å². The van der Waals surface area contributed by atoms with Gasteiger partial charge in [0.05, 0.1) is 41.6 Å². The molecule has 0 spiro atoms. The third-order valence-electron chi connectivity index (χ3n) is 6.73. The summed E-state index contributed by atoms with van der Waals surface area (Å²) >= 11 is 6.55. The van der Waals surface area contributed by atoms with Gasteiger partial charge in [-0.15, -0.1) is 0 Å². The first-order valence-corrected chi connectivity index (χ1v) is 12.2. The van der Waals surface area contributed by atoms with E-state index in [0.717, 1.165) is 42.4 Å². The van der Waals surface area contributed by atoms with Crippen LogP contribution in [0.4, 0.5) is 4.39 Å². The lowest BCUT2D eigenvalue weighted by Gasteiger charge is -2.34. The molecular weight excluding hydrogens is 457 g/mol. The molecule has 2 aliphatic heterocycles. The molecule has 4 heterocycles. The Kier molecular flexibility index (Phi) is 7.10. The van der Waals surface area contributed by atoms with Gasteiger partial charge in [-0.05, 0) is 43.1 Å². The summed E-state index contributed by atoms with van der Waals surface area (Å²) in [5.41, 5.74) is 2.23. The molecule has 180 valence electrons. The number of benzene rings is 1. The Morgan fingerprint density at radius 3 is 2.94 bits per heavy atom. The zero-order valence-electron chi connectivity index (χ0n) is 19.0. The zero-order chi connectivity index (χ0) is 23.5. The Bertz CT molecular complexity index is 1160. The smallest absolute Gasteiger partial charge is 0.253 e. The quantitative estimate of drug-likeness (QED) is 0.537. The first-order valence-electron chi connectivity index (χ1n) is 11.8. The number of ether oxygens (including phenoxy) is 1. The number of hydrogen-bond acceptors (Lipinski definition) is 5. The van der Waals surface area contributed by atoms with E-state index in [2.05, 4.69) is 25.1 Å². The summed E-state index contributed by atoms with van der Waals surface area (Å²) in [6, 6.07) is 7.39. The standard InChI is InChI=1S/C25H29ClFN5O2/c26-21-4-1-5-22-24(21)20(16-32(22)15-19-3-2-6-29-19)25(33)30-14-23(31-7-9-34-10-8-31)17-11-18(27)13-28-12-17/h1,4-5,11-13,16,19,23,29H,2-3,6-10,14-15H2,(H,30,33)/t19-,23?/m0/s1. The van der Waals surface area contributed by atoms with Crippen molar-refractivity contribution in [2.75, 3.05) is 39.4 Å². The van der Waals surface area contributed by atoms with Crippen molar-refractivity contribution in [2.45, 2.75) is 31.5 Å². The Hall–Kier alpha value is -2.52. The van der Waals surface area contributed by atoms with Gasteiger partial charge in [-0.1, -0.05) is 17.7 Å². The molecule has 0 saturated carbocycles. The van der Waals surface area contributed by atoms with Gasteiger partial charge in [-0.3, -0.25) is 14.7 Å². The molecule has 2 N–H and O–H groups in total. The van der Waals surface area contributed by atoms with Crippen molar-refractivity contribution >= 4 is 28.4 Å². The highest BCUT2D eigenvalue weighted by Crippen LogP contribution is 2.30. The number of morpholine rings is 1. The zero-order valence-corrected chi connectivity index (χ0v) is 19.7. The number of fused-ring (bicyclic) bond motifs is 1. The third-order valence-corrected chi connectivity index (χ3v) is 7.05. The molecule has 7 nitrogen and oxygen atoms in total. The molecule has 34 heavy (non-hydrogen) atoms. The molecule has 2 atom stereocenters. The highest BCUT2D eigenvalue weighted by atomic mass is 35.5. The molecule has 2 saturated heterocycles. The molecule has 3 aromatic rings. The van der Waals surface area contributed by atoms with Gasteiger partial charge in [0.15, 0.2) is 0 Å². The first kappa shape index (κ1) is 23.2. The molecular formula is C25H29ClFN5O2. The van der Waals surface area contributed by atoms with E-state index in [1.54, 1.807) is 6.20 Å². The number of amides is 1. The maximum Gasteiger partial charge on any atom is 0.253 e. The van der Waals surface area contributed by atoms with Crippen molar-refractivity contribution in [1.82, 2.24) is 25.1 Å². The van der Waals surface area contributed by atoms with Gasteiger partial charge in [-0.2, -0.15) is 0 Å². The number of hydrogen-bond donors (Lipinski definition) is 2. The minimum Gasteiger partial charge on any atom is -0.379 e. The fourth-order valence-corrected chi connectivity index (χ4v) is 5.30. The van der Waals surface area contributed by atoms with E-state index in [-0.39, 0.29) is 11.9 Å². The predicted molar refractivity (Wildman–Crippen MR) is 130 cm³/mol. The van der Waals surface area contributed by atoms with Crippen molar-refractivity contribution in [3.63, 3.8) is 0 Å². The maximum atomic E-state index is 13.9. The summed E-state index contributed by atoms with van der Waals surface area (Å²) in [5.74, 6) is -0.587. The highest BCUT2D eigenvalue weighted by molar-refractivity contribution is 6.36. The minimum atomic E-state index is -0.391. The van der Waals surface area contributed by atoms with E-state index in [1.807, 2.05) is 24.4 Å². The highest BCUT2D eigenvalue weighted by Gasteiger charge is 2.26. The maximum absolute atomic E-state index is 13.9. The molecule has 2 fully saturated rings. The number of halogens is 2. The van der Waals surface area contributed by atoms with Crippen LogP contribution in [0, 0.1) is 5.82 Å². The number of pyridine rings is 1. The van der Waals surface area contributed by atoms with Gasteiger partial charge in [0.25, 0.3) is 5.91 Å². The van der Waals surface area contributed by atoms with Crippen LogP contribution < -0.4 is 10.6 Å². The number of rotatable bonds is 7. The van der Waals surface area contributed by atoms with Gasteiger partial charge < -0.3 is 19.9 Å².